The summed E-state index contributed by atoms with van der Waals surface area (Å²) in [6, 6.07) is -0.716. The summed E-state index contributed by atoms with van der Waals surface area (Å²) in [5.41, 5.74) is -0.0337. The lowest BCUT2D eigenvalue weighted by molar-refractivity contribution is -0.128. The molecule has 80 valence electrons. The van der Waals surface area contributed by atoms with Crippen molar-refractivity contribution in [3.05, 3.63) is 28.1 Å². The van der Waals surface area contributed by atoms with Gasteiger partial charge >= 0.3 is 0 Å². The van der Waals surface area contributed by atoms with Gasteiger partial charge in [-0.25, -0.2) is 0 Å². The largest absolute Gasteiger partial charge is 0.511 e. The maximum atomic E-state index is 11.5. The van der Waals surface area contributed by atoms with E-state index in [9.17, 15) is 19.9 Å². The van der Waals surface area contributed by atoms with Crippen molar-refractivity contribution in [2.24, 2.45) is 5.18 Å². The van der Waals surface area contributed by atoms with E-state index >= 15 is 0 Å². The van der Waals surface area contributed by atoms with Crippen LogP contribution in [-0.4, -0.2) is 34.7 Å². The van der Waals surface area contributed by atoms with Gasteiger partial charge in [-0.05, 0) is 6.08 Å². The number of hydrogen-bond acceptors (Lipinski definition) is 6. The van der Waals surface area contributed by atoms with E-state index in [2.05, 4.69) is 5.18 Å². The van der Waals surface area contributed by atoms with Crippen LogP contribution in [0.25, 0.3) is 0 Å². The van der Waals surface area contributed by atoms with Gasteiger partial charge in [-0.15, -0.1) is 0 Å². The van der Waals surface area contributed by atoms with E-state index in [0.29, 0.717) is 0 Å². The van der Waals surface area contributed by atoms with E-state index in [1.807, 2.05) is 0 Å². The quantitative estimate of drug-likeness (QED) is 0.603. The van der Waals surface area contributed by atoms with E-state index in [-0.39, 0.29) is 30.1 Å². The van der Waals surface area contributed by atoms with Crippen LogP contribution < -0.4 is 0 Å². The molecule has 2 rings (SSSR count). The van der Waals surface area contributed by atoms with Crippen LogP contribution in [0.5, 0.6) is 0 Å². The number of allylic oxidation sites excluding steroid dienone is 1. The maximum absolute atomic E-state index is 11.5. The third-order valence-corrected chi connectivity index (χ3v) is 2.36. The minimum atomic E-state index is -1.25. The number of rotatable bonds is 1. The van der Waals surface area contributed by atoms with Crippen LogP contribution in [0.2, 0.25) is 0 Å². The minimum Gasteiger partial charge on any atom is -0.511 e. The topological polar surface area (TPSA) is 96.2 Å². The number of Topliss-reactive ketones (excluding diaryl/α,β-unsaturated/α-hetero) is 1. The Hall–Kier alpha value is -1.69. The van der Waals surface area contributed by atoms with Crippen LogP contribution in [0.3, 0.4) is 0 Å². The smallest absolute Gasteiger partial charge is 0.201 e. The molecule has 0 bridgehead atoms. The SMILES string of the molecule is O=NC1C=C2OC[C@H](O)C(=O)C2=C(O)C1. The zero-order valence-corrected chi connectivity index (χ0v) is 7.71. The molecule has 1 unspecified atom stereocenters. The summed E-state index contributed by atoms with van der Waals surface area (Å²) in [5.74, 6) is -0.686. The number of nitrogens with zero attached hydrogens (tertiary/aromatic N) is 1. The maximum Gasteiger partial charge on any atom is 0.201 e. The number of hydrogen-bond donors (Lipinski definition) is 2. The summed E-state index contributed by atoms with van der Waals surface area (Å²) < 4.78 is 5.04. The number of aliphatic hydroxyl groups is 2. The summed E-state index contributed by atoms with van der Waals surface area (Å²) in [5, 5.41) is 21.5. The zero-order chi connectivity index (χ0) is 11.0. The van der Waals surface area contributed by atoms with Crippen LogP contribution in [0.1, 0.15) is 6.42 Å². The van der Waals surface area contributed by atoms with Crippen molar-refractivity contribution in [1.82, 2.24) is 0 Å². The van der Waals surface area contributed by atoms with Gasteiger partial charge in [-0.2, -0.15) is 4.91 Å². The van der Waals surface area contributed by atoms with Crippen molar-refractivity contribution in [1.29, 1.82) is 0 Å². The first kappa shape index (κ1) is 9.85. The van der Waals surface area contributed by atoms with E-state index < -0.39 is 17.9 Å². The van der Waals surface area contributed by atoms with Crippen molar-refractivity contribution in [2.45, 2.75) is 18.6 Å². The Morgan fingerprint density at radius 1 is 1.53 bits per heavy atom. The monoisotopic (exact) mass is 211 g/mol. The molecule has 1 aliphatic carbocycles. The highest BCUT2D eigenvalue weighted by molar-refractivity contribution is 6.03. The Labute approximate surface area is 84.8 Å². The highest BCUT2D eigenvalue weighted by Crippen LogP contribution is 2.30. The van der Waals surface area contributed by atoms with Gasteiger partial charge in [0.2, 0.25) is 5.78 Å². The fraction of sp³-hybridized carbons (Fsp3) is 0.444. The first-order valence-corrected chi connectivity index (χ1v) is 4.45. The minimum absolute atomic E-state index is 0.0237. The summed E-state index contributed by atoms with van der Waals surface area (Å²) in [6.45, 7) is -0.160. The van der Waals surface area contributed by atoms with Gasteiger partial charge in [0.15, 0.2) is 6.10 Å². The average molecular weight is 211 g/mol. The van der Waals surface area contributed by atoms with Gasteiger partial charge in [0.25, 0.3) is 0 Å². The normalized spacial score (nSPS) is 30.5. The van der Waals surface area contributed by atoms with Crippen LogP contribution in [-0.2, 0) is 9.53 Å². The first-order valence-electron chi connectivity index (χ1n) is 4.45. The second-order valence-electron chi connectivity index (χ2n) is 3.42. The summed E-state index contributed by atoms with van der Waals surface area (Å²) in [4.78, 5) is 21.8. The Morgan fingerprint density at radius 2 is 2.27 bits per heavy atom. The molecule has 15 heavy (non-hydrogen) atoms. The van der Waals surface area contributed by atoms with E-state index in [4.69, 9.17) is 4.74 Å². The van der Waals surface area contributed by atoms with Crippen LogP contribution in [0, 0.1) is 4.91 Å². The molecule has 6 nitrogen and oxygen atoms in total. The average Bonchev–Trinajstić information content (AvgIpc) is 2.23. The fourth-order valence-corrected chi connectivity index (χ4v) is 1.62. The Morgan fingerprint density at radius 3 is 2.93 bits per heavy atom. The van der Waals surface area contributed by atoms with Crippen molar-refractivity contribution < 1.29 is 19.7 Å². The Bertz CT molecular complexity index is 384. The molecule has 2 N–H and O–H groups in total. The molecule has 2 aliphatic rings. The Kier molecular flexibility index (Phi) is 2.28. The zero-order valence-electron chi connectivity index (χ0n) is 7.71. The molecule has 0 saturated carbocycles. The molecule has 0 spiro atoms. The van der Waals surface area contributed by atoms with Gasteiger partial charge in [0, 0.05) is 6.42 Å². The lowest BCUT2D eigenvalue weighted by Gasteiger charge is -2.26. The molecule has 6 heteroatoms. The van der Waals surface area contributed by atoms with Gasteiger partial charge in [-0.3, -0.25) is 4.79 Å². The molecule has 2 atom stereocenters. The first-order chi connectivity index (χ1) is 7.13. The highest BCUT2D eigenvalue weighted by Gasteiger charge is 2.36. The van der Waals surface area contributed by atoms with Crippen molar-refractivity contribution >= 4 is 5.78 Å². The predicted molar refractivity (Wildman–Crippen MR) is 48.9 cm³/mol. The standard InChI is InChI=1S/C9H9NO5/c11-5-1-4(10-14)2-7-8(5)9(13)6(12)3-15-7/h2,4,6,11-12H,1,3H2/t4?,6-/m0/s1. The van der Waals surface area contributed by atoms with E-state index in [1.54, 1.807) is 0 Å². The number of nitroso groups, excluding NO2 is 1. The van der Waals surface area contributed by atoms with Gasteiger partial charge in [-0.1, -0.05) is 5.18 Å². The number of carbonyl (C=O) groups is 1. The third kappa shape index (κ3) is 1.52. The molecule has 1 fully saturated rings. The molecule has 0 aromatic rings. The second-order valence-corrected chi connectivity index (χ2v) is 3.42. The van der Waals surface area contributed by atoms with Crippen molar-refractivity contribution in [3.8, 4) is 0 Å². The lowest BCUT2D eigenvalue weighted by atomic mass is 9.92. The number of fused-ring (bicyclic) bond motifs is 1. The molecule has 0 radical (unpaired) electrons. The molecule has 1 aliphatic heterocycles. The van der Waals surface area contributed by atoms with Crippen molar-refractivity contribution in [3.63, 3.8) is 0 Å². The summed E-state index contributed by atoms with van der Waals surface area (Å²) in [7, 11) is 0. The van der Waals surface area contributed by atoms with Crippen LogP contribution >= 0.6 is 0 Å². The van der Waals surface area contributed by atoms with E-state index in [1.165, 1.54) is 6.08 Å². The number of ketones is 1. The van der Waals surface area contributed by atoms with Gasteiger partial charge in [0.1, 0.15) is 24.2 Å². The van der Waals surface area contributed by atoms with E-state index in [0.717, 1.165) is 0 Å². The van der Waals surface area contributed by atoms with Gasteiger partial charge < -0.3 is 14.9 Å². The highest BCUT2D eigenvalue weighted by atomic mass is 16.5. The molecular weight excluding hydrogens is 202 g/mol. The number of ether oxygens (including phenoxy) is 1. The molecule has 1 heterocycles. The second kappa shape index (κ2) is 3.47. The molecule has 1 saturated heterocycles. The third-order valence-electron chi connectivity index (χ3n) is 2.36. The number of carbonyl (C=O) groups excluding carboxylic acids is 1. The number of aliphatic hydroxyl groups excluding tert-OH is 2. The molecule has 0 amide bonds. The molecule has 0 aromatic heterocycles. The fourth-order valence-electron chi connectivity index (χ4n) is 1.62. The lowest BCUT2D eigenvalue weighted by Crippen LogP contribution is -2.36. The van der Waals surface area contributed by atoms with Gasteiger partial charge in [0.05, 0.1) is 5.57 Å². The molecular formula is C9H9NO5. The predicted octanol–water partition coefficient (Wildman–Crippen LogP) is 0.181. The summed E-state index contributed by atoms with van der Waals surface area (Å²) >= 11 is 0. The molecule has 0 aromatic carbocycles. The van der Waals surface area contributed by atoms with Crippen LogP contribution in [0.15, 0.2) is 28.3 Å². The Balaban J connectivity index is 2.39. The summed E-state index contributed by atoms with van der Waals surface area (Å²) in [6.07, 6.45) is 0.107. The van der Waals surface area contributed by atoms with Crippen LogP contribution in [0.4, 0.5) is 0 Å². The van der Waals surface area contributed by atoms with Crippen molar-refractivity contribution in [2.75, 3.05) is 6.61 Å².